The van der Waals surface area contributed by atoms with Gasteiger partial charge in [0.05, 0.1) is 17.8 Å². The van der Waals surface area contributed by atoms with Crippen LogP contribution in [0.2, 0.25) is 5.02 Å². The Morgan fingerprint density at radius 3 is 2.38 bits per heavy atom. The molecular weight excluding hydrogens is 528 g/mol. The molecule has 0 saturated carbocycles. The van der Waals surface area contributed by atoms with Gasteiger partial charge < -0.3 is 9.72 Å². The summed E-state index contributed by atoms with van der Waals surface area (Å²) in [4.78, 5) is 17.4. The number of nitrogens with one attached hydrogen (secondary N) is 1. The van der Waals surface area contributed by atoms with Crippen molar-refractivity contribution in [2.75, 3.05) is 7.11 Å². The van der Waals surface area contributed by atoms with E-state index in [9.17, 15) is 4.79 Å². The molecule has 6 aromatic rings. The second-order valence-corrected chi connectivity index (χ2v) is 10.3. The van der Waals surface area contributed by atoms with Crippen molar-refractivity contribution in [3.63, 3.8) is 0 Å². The minimum atomic E-state index is -0.564. The van der Waals surface area contributed by atoms with Gasteiger partial charge in [-0.1, -0.05) is 102 Å². The summed E-state index contributed by atoms with van der Waals surface area (Å²) in [5.74, 6) is 1.19. The molecule has 1 unspecified atom stereocenters. The number of benzene rings is 4. The molecule has 4 aromatic carbocycles. The van der Waals surface area contributed by atoms with E-state index >= 15 is 0 Å². The minimum Gasteiger partial charge on any atom is -0.495 e. The lowest BCUT2D eigenvalue weighted by Crippen LogP contribution is -2.11. The van der Waals surface area contributed by atoms with E-state index in [1.807, 2.05) is 108 Å². The van der Waals surface area contributed by atoms with Gasteiger partial charge in [0, 0.05) is 28.2 Å². The number of fused-ring (bicyclic) bond motifs is 1. The Kier molecular flexibility index (Phi) is 6.92. The molecule has 0 radical (unpaired) electrons. The Bertz CT molecular complexity index is 1770. The van der Waals surface area contributed by atoms with Gasteiger partial charge >= 0.3 is 0 Å². The van der Waals surface area contributed by atoms with Crippen LogP contribution in [0, 0.1) is 0 Å². The van der Waals surface area contributed by atoms with E-state index in [2.05, 4.69) is 15.2 Å². The lowest BCUT2D eigenvalue weighted by Gasteiger charge is -2.17. The summed E-state index contributed by atoms with van der Waals surface area (Å²) in [5.41, 5.74) is 4.08. The van der Waals surface area contributed by atoms with Crippen LogP contribution in [0.5, 0.6) is 5.75 Å². The number of nitrogens with zero attached hydrogens (tertiary/aromatic N) is 3. The molecule has 6 rings (SSSR count). The van der Waals surface area contributed by atoms with Crippen molar-refractivity contribution in [2.24, 2.45) is 0 Å². The Morgan fingerprint density at radius 2 is 1.64 bits per heavy atom. The average molecular weight is 551 g/mol. The number of hydrogen-bond donors (Lipinski definition) is 1. The number of H-pyrrole nitrogens is 1. The maximum Gasteiger partial charge on any atom is 0.197 e. The van der Waals surface area contributed by atoms with Gasteiger partial charge in [-0.15, -0.1) is 10.2 Å². The second-order valence-electron chi connectivity index (χ2n) is 8.85. The first-order valence-electron chi connectivity index (χ1n) is 12.3. The summed E-state index contributed by atoms with van der Waals surface area (Å²) in [6, 6.07) is 32.9. The zero-order valence-electron chi connectivity index (χ0n) is 20.9. The fraction of sp³-hybridized carbons (Fsp3) is 0.0645. The summed E-state index contributed by atoms with van der Waals surface area (Å²) >= 11 is 7.89. The van der Waals surface area contributed by atoms with Crippen LogP contribution >= 0.6 is 23.4 Å². The zero-order valence-corrected chi connectivity index (χ0v) is 22.5. The maximum absolute atomic E-state index is 14.2. The van der Waals surface area contributed by atoms with Crippen LogP contribution in [-0.2, 0) is 0 Å². The van der Waals surface area contributed by atoms with E-state index in [1.165, 1.54) is 11.8 Å². The number of hydrogen-bond acceptors (Lipinski definition) is 5. The summed E-state index contributed by atoms with van der Waals surface area (Å²) in [7, 11) is 1.58. The van der Waals surface area contributed by atoms with Gasteiger partial charge in [-0.05, 0) is 29.8 Å². The monoisotopic (exact) mass is 550 g/mol. The Balaban J connectivity index is 1.49. The van der Waals surface area contributed by atoms with Crippen LogP contribution in [0.1, 0.15) is 21.2 Å². The fourth-order valence-corrected chi connectivity index (χ4v) is 5.95. The molecular formula is C31H23ClN4O2S. The molecule has 0 saturated heterocycles. The molecule has 0 aliphatic heterocycles. The quantitative estimate of drug-likeness (QED) is 0.155. The summed E-state index contributed by atoms with van der Waals surface area (Å²) in [6.07, 6.45) is 1.78. The molecule has 0 amide bonds. The predicted octanol–water partition coefficient (Wildman–Crippen LogP) is 7.79. The molecule has 0 fully saturated rings. The number of aromatic amines is 1. The SMILES string of the molecule is COc1ccc(-n2c(SC(C(=O)c3c[nH]c4ccccc34)c3ccccc3)nnc2-c2ccccc2)cc1Cl. The molecule has 0 aliphatic rings. The fourth-order valence-electron chi connectivity index (χ4n) is 4.57. The van der Waals surface area contributed by atoms with E-state index in [4.69, 9.17) is 16.3 Å². The molecule has 1 N–H and O–H groups in total. The zero-order chi connectivity index (χ0) is 26.8. The third-order valence-corrected chi connectivity index (χ3v) is 7.97. The number of Topliss-reactive ketones (excluding diaryl/α,β-unsaturated/α-hetero) is 1. The first-order valence-corrected chi connectivity index (χ1v) is 13.6. The second kappa shape index (κ2) is 10.8. The largest absolute Gasteiger partial charge is 0.495 e. The van der Waals surface area contributed by atoms with E-state index in [0.29, 0.717) is 27.3 Å². The normalized spacial score (nSPS) is 11.9. The first kappa shape index (κ1) is 25.0. The molecule has 8 heteroatoms. The highest BCUT2D eigenvalue weighted by molar-refractivity contribution is 8.00. The summed E-state index contributed by atoms with van der Waals surface area (Å²) < 4.78 is 7.30. The van der Waals surface area contributed by atoms with E-state index in [-0.39, 0.29) is 5.78 Å². The Morgan fingerprint density at radius 1 is 0.923 bits per heavy atom. The van der Waals surface area contributed by atoms with Crippen molar-refractivity contribution in [1.29, 1.82) is 0 Å². The number of para-hydroxylation sites is 1. The molecule has 39 heavy (non-hydrogen) atoms. The lowest BCUT2D eigenvalue weighted by atomic mass is 10.0. The number of halogens is 1. The van der Waals surface area contributed by atoms with Crippen molar-refractivity contribution in [3.05, 3.63) is 125 Å². The number of methoxy groups -OCH3 is 1. The average Bonchev–Trinajstić information content (AvgIpc) is 3.61. The molecule has 6 nitrogen and oxygen atoms in total. The van der Waals surface area contributed by atoms with Gasteiger partial charge in [0.25, 0.3) is 0 Å². The van der Waals surface area contributed by atoms with Crippen LogP contribution in [0.3, 0.4) is 0 Å². The van der Waals surface area contributed by atoms with Crippen LogP contribution in [0.4, 0.5) is 0 Å². The van der Waals surface area contributed by atoms with Crippen molar-refractivity contribution in [2.45, 2.75) is 10.4 Å². The van der Waals surface area contributed by atoms with Crippen LogP contribution in [-0.4, -0.2) is 32.6 Å². The number of ketones is 1. The topological polar surface area (TPSA) is 72.8 Å². The highest BCUT2D eigenvalue weighted by atomic mass is 35.5. The van der Waals surface area contributed by atoms with Gasteiger partial charge in [-0.25, -0.2) is 0 Å². The molecule has 1 atom stereocenters. The standard InChI is InChI=1S/C31H23ClN4O2S/c1-38-27-17-16-22(18-25(27)32)36-30(21-12-6-3-7-13-21)34-35-31(36)39-29(20-10-4-2-5-11-20)28(37)24-19-33-26-15-9-8-14-23(24)26/h2-19,29,33H,1H3. The minimum absolute atomic E-state index is 0.0211. The lowest BCUT2D eigenvalue weighted by molar-refractivity contribution is 0.0991. The Hall–Kier alpha value is -4.33. The third-order valence-electron chi connectivity index (χ3n) is 6.48. The van der Waals surface area contributed by atoms with Gasteiger partial charge in [0.2, 0.25) is 0 Å². The van der Waals surface area contributed by atoms with E-state index in [1.54, 1.807) is 13.3 Å². The predicted molar refractivity (Wildman–Crippen MR) is 156 cm³/mol. The van der Waals surface area contributed by atoms with Crippen molar-refractivity contribution in [3.8, 4) is 22.8 Å². The van der Waals surface area contributed by atoms with Gasteiger partial charge in [0.15, 0.2) is 16.8 Å². The van der Waals surface area contributed by atoms with Crippen LogP contribution < -0.4 is 4.74 Å². The number of aromatic nitrogens is 4. The molecule has 0 aliphatic carbocycles. The summed E-state index contributed by atoms with van der Waals surface area (Å²) in [5, 5.41) is 10.5. The molecule has 0 spiro atoms. The van der Waals surface area contributed by atoms with Crippen LogP contribution in [0.25, 0.3) is 28.0 Å². The Labute approximate surface area is 234 Å². The van der Waals surface area contributed by atoms with Crippen molar-refractivity contribution in [1.82, 2.24) is 19.7 Å². The first-order chi connectivity index (χ1) is 19.1. The van der Waals surface area contributed by atoms with E-state index in [0.717, 1.165) is 27.7 Å². The number of thioether (sulfide) groups is 1. The number of rotatable bonds is 8. The summed E-state index contributed by atoms with van der Waals surface area (Å²) in [6.45, 7) is 0. The number of carbonyl (C=O) groups is 1. The number of carbonyl (C=O) groups excluding carboxylic acids is 1. The van der Waals surface area contributed by atoms with Crippen molar-refractivity contribution >= 4 is 40.0 Å². The maximum atomic E-state index is 14.2. The van der Waals surface area contributed by atoms with Gasteiger partial charge in [-0.2, -0.15) is 0 Å². The third kappa shape index (κ3) is 4.82. The number of ether oxygens (including phenoxy) is 1. The molecule has 192 valence electrons. The van der Waals surface area contributed by atoms with E-state index < -0.39 is 5.25 Å². The highest BCUT2D eigenvalue weighted by Gasteiger charge is 2.29. The smallest absolute Gasteiger partial charge is 0.197 e. The highest BCUT2D eigenvalue weighted by Crippen LogP contribution is 2.41. The van der Waals surface area contributed by atoms with Crippen LogP contribution in [0.15, 0.2) is 114 Å². The molecule has 2 aromatic heterocycles. The van der Waals surface area contributed by atoms with Gasteiger partial charge in [0.1, 0.15) is 11.0 Å². The van der Waals surface area contributed by atoms with Gasteiger partial charge in [-0.3, -0.25) is 9.36 Å². The molecule has 2 heterocycles. The molecule has 0 bridgehead atoms. The van der Waals surface area contributed by atoms with Crippen molar-refractivity contribution < 1.29 is 9.53 Å².